The molecule has 0 amide bonds. The minimum Gasteiger partial charge on any atom is -0.501 e. The third-order valence-electron chi connectivity index (χ3n) is 1.90. The van der Waals surface area contributed by atoms with Gasteiger partial charge in [-0.3, -0.25) is 4.79 Å². The van der Waals surface area contributed by atoms with Gasteiger partial charge in [0, 0.05) is 6.07 Å². The van der Waals surface area contributed by atoms with E-state index in [0.29, 0.717) is 5.76 Å². The van der Waals surface area contributed by atoms with E-state index >= 15 is 0 Å². The molecule has 6 heteroatoms. The largest absolute Gasteiger partial charge is 0.501 e. The standard InChI is InChI=1S/C9H10N2O4/c1-4-3-6(12)7(13)8(14-4)9-10-5(2)15-11-9/h3,5,13H,1-2H3,(H,10,11). The number of hydrogen-bond donors (Lipinski definition) is 2. The van der Waals surface area contributed by atoms with Crippen LogP contribution in [0.1, 0.15) is 18.4 Å². The topological polar surface area (TPSA) is 84.1 Å². The average molecular weight is 210 g/mol. The van der Waals surface area contributed by atoms with Crippen molar-refractivity contribution in [2.24, 2.45) is 5.16 Å². The number of nitrogens with one attached hydrogen (secondary N) is 1. The maximum absolute atomic E-state index is 11.3. The van der Waals surface area contributed by atoms with Crippen molar-refractivity contribution in [2.45, 2.75) is 20.1 Å². The molecule has 0 spiro atoms. The van der Waals surface area contributed by atoms with Gasteiger partial charge in [-0.1, -0.05) is 5.16 Å². The second-order valence-electron chi connectivity index (χ2n) is 3.23. The van der Waals surface area contributed by atoms with Crippen molar-refractivity contribution < 1.29 is 14.4 Å². The van der Waals surface area contributed by atoms with Crippen LogP contribution in [0.15, 0.2) is 20.4 Å². The van der Waals surface area contributed by atoms with Gasteiger partial charge in [0.1, 0.15) is 5.76 Å². The van der Waals surface area contributed by atoms with Crippen LogP contribution in [0.25, 0.3) is 0 Å². The Morgan fingerprint density at radius 3 is 2.93 bits per heavy atom. The second kappa shape index (κ2) is 3.30. The summed E-state index contributed by atoms with van der Waals surface area (Å²) in [5.41, 5.74) is -0.502. The summed E-state index contributed by atoms with van der Waals surface area (Å²) in [5.74, 6) is 0.159. The number of rotatable bonds is 1. The van der Waals surface area contributed by atoms with Crippen molar-refractivity contribution in [2.75, 3.05) is 0 Å². The van der Waals surface area contributed by atoms with Gasteiger partial charge in [-0.25, -0.2) is 0 Å². The fourth-order valence-corrected chi connectivity index (χ4v) is 1.25. The van der Waals surface area contributed by atoms with Crippen molar-refractivity contribution in [3.05, 3.63) is 27.8 Å². The van der Waals surface area contributed by atoms with Crippen LogP contribution in [-0.2, 0) is 4.84 Å². The minimum atomic E-state index is -0.502. The zero-order chi connectivity index (χ0) is 11.0. The molecule has 2 rings (SSSR count). The van der Waals surface area contributed by atoms with E-state index in [1.54, 1.807) is 13.8 Å². The first-order valence-electron chi connectivity index (χ1n) is 4.42. The maximum Gasteiger partial charge on any atom is 0.227 e. The molecule has 0 aliphatic carbocycles. The van der Waals surface area contributed by atoms with Crippen molar-refractivity contribution in [1.29, 1.82) is 0 Å². The van der Waals surface area contributed by atoms with E-state index in [1.807, 2.05) is 0 Å². The molecule has 1 aromatic heterocycles. The first kappa shape index (κ1) is 9.57. The zero-order valence-electron chi connectivity index (χ0n) is 8.27. The fraction of sp³-hybridized carbons (Fsp3) is 0.333. The Bertz CT molecular complexity index is 477. The van der Waals surface area contributed by atoms with E-state index in [1.165, 1.54) is 6.07 Å². The highest BCUT2D eigenvalue weighted by atomic mass is 16.7. The summed E-state index contributed by atoms with van der Waals surface area (Å²) in [4.78, 5) is 16.1. The smallest absolute Gasteiger partial charge is 0.227 e. The summed E-state index contributed by atoms with van der Waals surface area (Å²) >= 11 is 0. The molecule has 15 heavy (non-hydrogen) atoms. The summed E-state index contributed by atoms with van der Waals surface area (Å²) in [6.45, 7) is 3.35. The van der Waals surface area contributed by atoms with Crippen LogP contribution < -0.4 is 10.7 Å². The van der Waals surface area contributed by atoms with Crippen LogP contribution in [0.2, 0.25) is 0 Å². The minimum absolute atomic E-state index is 0.00403. The highest BCUT2D eigenvalue weighted by molar-refractivity contribution is 5.98. The summed E-state index contributed by atoms with van der Waals surface area (Å²) in [6.07, 6.45) is -0.301. The molecule has 1 unspecified atom stereocenters. The monoisotopic (exact) mass is 210 g/mol. The average Bonchev–Trinajstić information content (AvgIpc) is 2.58. The lowest BCUT2D eigenvalue weighted by atomic mass is 10.3. The normalized spacial score (nSPS) is 19.3. The molecule has 2 N–H and O–H groups in total. The Morgan fingerprint density at radius 1 is 1.60 bits per heavy atom. The molecule has 0 radical (unpaired) electrons. The summed E-state index contributed by atoms with van der Waals surface area (Å²) in [6, 6.07) is 1.21. The summed E-state index contributed by atoms with van der Waals surface area (Å²) < 4.78 is 5.20. The lowest BCUT2D eigenvalue weighted by molar-refractivity contribution is 0.0874. The van der Waals surface area contributed by atoms with Crippen LogP contribution >= 0.6 is 0 Å². The molecular formula is C9H10N2O4. The highest BCUT2D eigenvalue weighted by Gasteiger charge is 2.23. The Hall–Kier alpha value is -1.98. The first-order valence-corrected chi connectivity index (χ1v) is 4.42. The zero-order valence-corrected chi connectivity index (χ0v) is 8.27. The molecule has 0 bridgehead atoms. The van der Waals surface area contributed by atoms with Gasteiger partial charge < -0.3 is 19.7 Å². The molecule has 1 atom stereocenters. The van der Waals surface area contributed by atoms with E-state index < -0.39 is 11.2 Å². The molecule has 0 fully saturated rings. The van der Waals surface area contributed by atoms with Gasteiger partial charge in [0.05, 0.1) is 0 Å². The second-order valence-corrected chi connectivity index (χ2v) is 3.23. The molecular weight excluding hydrogens is 200 g/mol. The summed E-state index contributed by atoms with van der Waals surface area (Å²) in [5, 5.41) is 15.9. The number of aryl methyl sites for hydroxylation is 1. The maximum atomic E-state index is 11.3. The van der Waals surface area contributed by atoms with Gasteiger partial charge in [0.2, 0.25) is 22.8 Å². The Labute approximate surface area is 85.2 Å². The Balaban J connectivity index is 2.49. The van der Waals surface area contributed by atoms with Crippen molar-refractivity contribution in [3.8, 4) is 5.75 Å². The van der Waals surface area contributed by atoms with E-state index in [4.69, 9.17) is 9.25 Å². The lowest BCUT2D eigenvalue weighted by Crippen LogP contribution is -2.28. The summed E-state index contributed by atoms with van der Waals surface area (Å²) in [7, 11) is 0. The lowest BCUT2D eigenvalue weighted by Gasteiger charge is -2.04. The van der Waals surface area contributed by atoms with Crippen LogP contribution in [0.4, 0.5) is 0 Å². The van der Waals surface area contributed by atoms with Gasteiger partial charge in [0.15, 0.2) is 6.23 Å². The third kappa shape index (κ3) is 1.65. The predicted molar refractivity (Wildman–Crippen MR) is 51.6 cm³/mol. The number of amidine groups is 1. The fourth-order valence-electron chi connectivity index (χ4n) is 1.25. The van der Waals surface area contributed by atoms with Crippen molar-refractivity contribution >= 4 is 5.84 Å². The molecule has 0 aromatic carbocycles. The van der Waals surface area contributed by atoms with E-state index in [0.717, 1.165) is 0 Å². The van der Waals surface area contributed by atoms with E-state index in [9.17, 15) is 9.90 Å². The number of hydrogen-bond acceptors (Lipinski definition) is 6. The number of oxime groups is 1. The molecule has 0 saturated carbocycles. The van der Waals surface area contributed by atoms with E-state index in [2.05, 4.69) is 10.5 Å². The Kier molecular flexibility index (Phi) is 2.11. The molecule has 2 heterocycles. The van der Waals surface area contributed by atoms with Crippen LogP contribution in [-0.4, -0.2) is 17.2 Å². The van der Waals surface area contributed by atoms with Gasteiger partial charge in [0.25, 0.3) is 0 Å². The number of aromatic hydroxyl groups is 1. The van der Waals surface area contributed by atoms with Crippen LogP contribution in [0.3, 0.4) is 0 Å². The Morgan fingerprint density at radius 2 is 2.33 bits per heavy atom. The molecule has 1 aliphatic heterocycles. The quantitative estimate of drug-likeness (QED) is 0.695. The van der Waals surface area contributed by atoms with Gasteiger partial charge in [-0.15, -0.1) is 0 Å². The molecule has 80 valence electrons. The van der Waals surface area contributed by atoms with E-state index in [-0.39, 0.29) is 17.8 Å². The van der Waals surface area contributed by atoms with Crippen LogP contribution in [0.5, 0.6) is 5.75 Å². The molecule has 6 nitrogen and oxygen atoms in total. The molecule has 0 saturated heterocycles. The van der Waals surface area contributed by atoms with Gasteiger partial charge in [-0.05, 0) is 13.8 Å². The van der Waals surface area contributed by atoms with Crippen molar-refractivity contribution in [3.63, 3.8) is 0 Å². The first-order chi connectivity index (χ1) is 7.08. The third-order valence-corrected chi connectivity index (χ3v) is 1.90. The molecule has 1 aromatic rings. The van der Waals surface area contributed by atoms with Crippen LogP contribution in [0, 0.1) is 6.92 Å². The van der Waals surface area contributed by atoms with Gasteiger partial charge >= 0.3 is 0 Å². The molecule has 1 aliphatic rings. The van der Waals surface area contributed by atoms with Crippen molar-refractivity contribution in [1.82, 2.24) is 5.32 Å². The van der Waals surface area contributed by atoms with Gasteiger partial charge in [-0.2, -0.15) is 0 Å². The highest BCUT2D eigenvalue weighted by Crippen LogP contribution is 2.16. The predicted octanol–water partition coefficient (Wildman–Crippen LogP) is 0.281. The SMILES string of the molecule is Cc1cc(=O)c(O)c(C2=NOC(C)N2)o1. The number of nitrogens with zero attached hydrogens (tertiary/aromatic N) is 1.